The normalized spacial score (nSPS) is 12.0. The molecule has 0 aromatic carbocycles. The van der Waals surface area contributed by atoms with E-state index in [-0.39, 0.29) is 11.9 Å². The van der Waals surface area contributed by atoms with Gasteiger partial charge in [0.25, 0.3) is 5.91 Å². The quantitative estimate of drug-likeness (QED) is 0.886. The Morgan fingerprint density at radius 3 is 2.76 bits per heavy atom. The zero-order valence-electron chi connectivity index (χ0n) is 12.9. The van der Waals surface area contributed by atoms with Crippen LogP contribution in [0.1, 0.15) is 47.5 Å². The van der Waals surface area contributed by atoms with Gasteiger partial charge in [0, 0.05) is 12.1 Å². The molecule has 2 heterocycles. The second-order valence-electron chi connectivity index (χ2n) is 5.00. The SMILES string of the molecule is CCNc1cccc(C(=O)NC(C)c2cc(C)oc2C)n1. The van der Waals surface area contributed by atoms with Crippen molar-refractivity contribution in [2.75, 3.05) is 11.9 Å². The summed E-state index contributed by atoms with van der Waals surface area (Å²) in [7, 11) is 0. The Kier molecular flexibility index (Phi) is 4.62. The highest BCUT2D eigenvalue weighted by Crippen LogP contribution is 2.21. The van der Waals surface area contributed by atoms with Gasteiger partial charge in [-0.2, -0.15) is 0 Å². The van der Waals surface area contributed by atoms with Crippen molar-refractivity contribution >= 4 is 11.7 Å². The van der Waals surface area contributed by atoms with Crippen LogP contribution in [0.25, 0.3) is 0 Å². The number of anilines is 1. The van der Waals surface area contributed by atoms with Gasteiger partial charge >= 0.3 is 0 Å². The Bertz CT molecular complexity index is 634. The molecule has 21 heavy (non-hydrogen) atoms. The van der Waals surface area contributed by atoms with Crippen LogP contribution in [0.15, 0.2) is 28.7 Å². The number of hydrogen-bond acceptors (Lipinski definition) is 4. The molecular formula is C16H21N3O2. The summed E-state index contributed by atoms with van der Waals surface area (Å²) in [6, 6.07) is 7.18. The molecule has 2 N–H and O–H groups in total. The number of nitrogens with zero attached hydrogens (tertiary/aromatic N) is 1. The first kappa shape index (κ1) is 15.1. The largest absolute Gasteiger partial charge is 0.466 e. The van der Waals surface area contributed by atoms with Crippen molar-refractivity contribution in [1.82, 2.24) is 10.3 Å². The minimum Gasteiger partial charge on any atom is -0.466 e. The predicted molar refractivity (Wildman–Crippen MR) is 82.5 cm³/mol. The van der Waals surface area contributed by atoms with Gasteiger partial charge in [-0.3, -0.25) is 4.79 Å². The summed E-state index contributed by atoms with van der Waals surface area (Å²) < 4.78 is 5.50. The molecule has 0 aliphatic heterocycles. The molecule has 112 valence electrons. The van der Waals surface area contributed by atoms with Crippen molar-refractivity contribution in [3.05, 3.63) is 47.0 Å². The lowest BCUT2D eigenvalue weighted by atomic mass is 10.1. The molecule has 2 rings (SSSR count). The van der Waals surface area contributed by atoms with Crippen molar-refractivity contribution in [3.8, 4) is 0 Å². The summed E-state index contributed by atoms with van der Waals surface area (Å²) >= 11 is 0. The second kappa shape index (κ2) is 6.43. The van der Waals surface area contributed by atoms with Crippen molar-refractivity contribution in [2.24, 2.45) is 0 Å². The molecule has 1 atom stereocenters. The van der Waals surface area contributed by atoms with Crippen LogP contribution in [0, 0.1) is 13.8 Å². The summed E-state index contributed by atoms with van der Waals surface area (Å²) in [4.78, 5) is 16.6. The summed E-state index contributed by atoms with van der Waals surface area (Å²) in [5.41, 5.74) is 1.39. The first-order valence-electron chi connectivity index (χ1n) is 7.10. The minimum atomic E-state index is -0.194. The van der Waals surface area contributed by atoms with E-state index in [0.29, 0.717) is 11.5 Å². The molecule has 0 spiro atoms. The van der Waals surface area contributed by atoms with Gasteiger partial charge in [0.15, 0.2) is 0 Å². The Morgan fingerprint density at radius 2 is 2.14 bits per heavy atom. The molecule has 5 nitrogen and oxygen atoms in total. The summed E-state index contributed by atoms with van der Waals surface area (Å²) in [6.45, 7) is 8.48. The van der Waals surface area contributed by atoms with Crippen LogP contribution in [0.3, 0.4) is 0 Å². The molecule has 0 bridgehead atoms. The van der Waals surface area contributed by atoms with Gasteiger partial charge in [0.1, 0.15) is 23.0 Å². The Hall–Kier alpha value is -2.30. The van der Waals surface area contributed by atoms with Crippen LogP contribution in [0.5, 0.6) is 0 Å². The number of carbonyl (C=O) groups excluding carboxylic acids is 1. The van der Waals surface area contributed by atoms with Gasteiger partial charge in [0.05, 0.1) is 6.04 Å². The third kappa shape index (κ3) is 3.62. The lowest BCUT2D eigenvalue weighted by Crippen LogP contribution is -2.27. The molecule has 1 amide bonds. The predicted octanol–water partition coefficient (Wildman–Crippen LogP) is 3.21. The Morgan fingerprint density at radius 1 is 1.38 bits per heavy atom. The fourth-order valence-corrected chi connectivity index (χ4v) is 2.27. The average molecular weight is 287 g/mol. The third-order valence-electron chi connectivity index (χ3n) is 3.23. The maximum Gasteiger partial charge on any atom is 0.270 e. The van der Waals surface area contributed by atoms with Crippen LogP contribution >= 0.6 is 0 Å². The van der Waals surface area contributed by atoms with Crippen molar-refractivity contribution in [1.29, 1.82) is 0 Å². The van der Waals surface area contributed by atoms with E-state index in [9.17, 15) is 4.79 Å². The lowest BCUT2D eigenvalue weighted by molar-refractivity contribution is 0.0935. The summed E-state index contributed by atoms with van der Waals surface area (Å²) in [5, 5.41) is 6.04. The fourth-order valence-electron chi connectivity index (χ4n) is 2.27. The van der Waals surface area contributed by atoms with Gasteiger partial charge in [0.2, 0.25) is 0 Å². The highest BCUT2D eigenvalue weighted by Gasteiger charge is 2.16. The molecule has 5 heteroatoms. The van der Waals surface area contributed by atoms with Crippen molar-refractivity contribution in [3.63, 3.8) is 0 Å². The van der Waals surface area contributed by atoms with Gasteiger partial charge < -0.3 is 15.1 Å². The van der Waals surface area contributed by atoms with Crippen molar-refractivity contribution in [2.45, 2.75) is 33.7 Å². The molecule has 0 radical (unpaired) electrons. The van der Waals surface area contributed by atoms with E-state index in [1.807, 2.05) is 45.9 Å². The van der Waals surface area contributed by atoms with E-state index in [0.717, 1.165) is 23.6 Å². The fraction of sp³-hybridized carbons (Fsp3) is 0.375. The summed E-state index contributed by atoms with van der Waals surface area (Å²) in [5.74, 6) is 2.18. The number of amides is 1. The van der Waals surface area contributed by atoms with E-state index in [2.05, 4.69) is 15.6 Å². The topological polar surface area (TPSA) is 67.2 Å². The van der Waals surface area contributed by atoms with E-state index < -0.39 is 0 Å². The Labute approximate surface area is 124 Å². The number of aromatic nitrogens is 1. The first-order chi connectivity index (χ1) is 10.0. The molecular weight excluding hydrogens is 266 g/mol. The molecule has 2 aromatic rings. The molecule has 0 saturated carbocycles. The second-order valence-corrected chi connectivity index (χ2v) is 5.00. The number of hydrogen-bond donors (Lipinski definition) is 2. The van der Waals surface area contributed by atoms with Crippen LogP contribution in [-0.4, -0.2) is 17.4 Å². The summed E-state index contributed by atoms with van der Waals surface area (Å²) in [6.07, 6.45) is 0. The zero-order chi connectivity index (χ0) is 15.4. The number of nitrogens with one attached hydrogen (secondary N) is 2. The van der Waals surface area contributed by atoms with Crippen LogP contribution in [0.4, 0.5) is 5.82 Å². The highest BCUT2D eigenvalue weighted by atomic mass is 16.3. The van der Waals surface area contributed by atoms with E-state index in [4.69, 9.17) is 4.42 Å². The molecule has 0 aliphatic carbocycles. The number of carbonyl (C=O) groups is 1. The van der Waals surface area contributed by atoms with Crippen LogP contribution in [0.2, 0.25) is 0 Å². The first-order valence-corrected chi connectivity index (χ1v) is 7.10. The van der Waals surface area contributed by atoms with Crippen molar-refractivity contribution < 1.29 is 9.21 Å². The number of pyridine rings is 1. The third-order valence-corrected chi connectivity index (χ3v) is 3.23. The standard InChI is InChI=1S/C16H21N3O2/c1-5-17-15-8-6-7-14(19-15)16(20)18-11(3)13-9-10(2)21-12(13)4/h6-9,11H,5H2,1-4H3,(H,17,19)(H,18,20). The monoisotopic (exact) mass is 287 g/mol. The van der Waals surface area contributed by atoms with Gasteiger partial charge in [-0.05, 0) is 45.9 Å². The maximum absolute atomic E-state index is 12.3. The van der Waals surface area contributed by atoms with Gasteiger partial charge in [-0.15, -0.1) is 0 Å². The molecule has 0 saturated heterocycles. The lowest BCUT2D eigenvalue weighted by Gasteiger charge is -2.13. The van der Waals surface area contributed by atoms with E-state index in [1.54, 1.807) is 6.07 Å². The molecule has 0 aliphatic rings. The zero-order valence-corrected chi connectivity index (χ0v) is 12.9. The van der Waals surface area contributed by atoms with Crippen LogP contribution < -0.4 is 10.6 Å². The van der Waals surface area contributed by atoms with E-state index >= 15 is 0 Å². The molecule has 2 aromatic heterocycles. The molecule has 0 fully saturated rings. The minimum absolute atomic E-state index is 0.125. The van der Waals surface area contributed by atoms with E-state index in [1.165, 1.54) is 0 Å². The van der Waals surface area contributed by atoms with Crippen LogP contribution in [-0.2, 0) is 0 Å². The highest BCUT2D eigenvalue weighted by molar-refractivity contribution is 5.92. The number of furan rings is 1. The smallest absolute Gasteiger partial charge is 0.270 e. The number of aryl methyl sites for hydroxylation is 2. The number of rotatable bonds is 5. The molecule has 1 unspecified atom stereocenters. The Balaban J connectivity index is 2.10. The van der Waals surface area contributed by atoms with Gasteiger partial charge in [-0.1, -0.05) is 6.07 Å². The maximum atomic E-state index is 12.3. The van der Waals surface area contributed by atoms with Gasteiger partial charge in [-0.25, -0.2) is 4.98 Å². The average Bonchev–Trinajstić information content (AvgIpc) is 2.78.